The molecule has 4 rings (SSSR count). The van der Waals surface area contributed by atoms with Crippen LogP contribution in [0.15, 0.2) is 12.2 Å². The van der Waals surface area contributed by atoms with Crippen LogP contribution in [-0.2, 0) is 14.4 Å². The Labute approximate surface area is 157 Å². The van der Waals surface area contributed by atoms with Gasteiger partial charge in [0.15, 0.2) is 0 Å². The van der Waals surface area contributed by atoms with Gasteiger partial charge in [-0.05, 0) is 62.4 Å². The molecule has 0 amide bonds. The molecule has 1 spiro atoms. The highest BCUT2D eigenvalue weighted by molar-refractivity contribution is 5.86. The first-order valence-electron chi connectivity index (χ1n) is 9.56. The minimum Gasteiger partial charge on any atom is -0.481 e. The fourth-order valence-corrected chi connectivity index (χ4v) is 7.72. The number of rotatable bonds is 3. The lowest BCUT2D eigenvalue weighted by atomic mass is 9.52. The Bertz CT molecular complexity index is 774. The predicted molar refractivity (Wildman–Crippen MR) is 92.8 cm³/mol. The van der Waals surface area contributed by atoms with Crippen molar-refractivity contribution < 1.29 is 34.8 Å². The van der Waals surface area contributed by atoms with E-state index >= 15 is 0 Å². The third-order valence-electron chi connectivity index (χ3n) is 8.62. The van der Waals surface area contributed by atoms with Gasteiger partial charge in [0.25, 0.3) is 0 Å². The molecule has 0 aromatic heterocycles. The first kappa shape index (κ1) is 18.5. The Morgan fingerprint density at radius 3 is 2.30 bits per heavy atom. The van der Waals surface area contributed by atoms with E-state index in [1.54, 1.807) is 0 Å². The van der Waals surface area contributed by atoms with Crippen LogP contribution in [0.4, 0.5) is 0 Å². The normalized spacial score (nSPS) is 50.7. The zero-order chi connectivity index (χ0) is 20.0. The van der Waals surface area contributed by atoms with Crippen molar-refractivity contribution in [2.75, 3.05) is 0 Å². The Morgan fingerprint density at radius 2 is 1.74 bits per heavy atom. The van der Waals surface area contributed by atoms with Crippen molar-refractivity contribution in [3.8, 4) is 0 Å². The molecule has 0 saturated heterocycles. The van der Waals surface area contributed by atoms with E-state index in [0.717, 1.165) is 0 Å². The summed E-state index contributed by atoms with van der Waals surface area (Å²) in [6.45, 7) is 5.48. The molecule has 4 N–H and O–H groups in total. The van der Waals surface area contributed by atoms with Crippen molar-refractivity contribution in [3.63, 3.8) is 0 Å². The molecule has 0 aromatic rings. The van der Waals surface area contributed by atoms with E-state index in [2.05, 4.69) is 6.58 Å². The fraction of sp³-hybridized carbons (Fsp3) is 0.750. The maximum atomic E-state index is 12.7. The van der Waals surface area contributed by atoms with Gasteiger partial charge in [-0.1, -0.05) is 13.0 Å². The summed E-state index contributed by atoms with van der Waals surface area (Å²) in [4.78, 5) is 37.4. The van der Waals surface area contributed by atoms with Crippen LogP contribution in [0.2, 0.25) is 0 Å². The molecule has 0 heterocycles. The van der Waals surface area contributed by atoms with Crippen LogP contribution in [0.5, 0.6) is 0 Å². The largest absolute Gasteiger partial charge is 0.481 e. The summed E-state index contributed by atoms with van der Waals surface area (Å²) in [5.41, 5.74) is -4.36. The van der Waals surface area contributed by atoms with Crippen molar-refractivity contribution in [1.29, 1.82) is 0 Å². The number of aliphatic hydroxyl groups is 1. The maximum absolute atomic E-state index is 12.7. The van der Waals surface area contributed by atoms with Crippen LogP contribution in [0, 0.1) is 34.0 Å². The Kier molecular flexibility index (Phi) is 3.51. The van der Waals surface area contributed by atoms with Crippen molar-refractivity contribution in [2.24, 2.45) is 34.0 Å². The van der Waals surface area contributed by atoms with Crippen molar-refractivity contribution >= 4 is 17.9 Å². The molecular formula is C20H26O7. The number of fused-ring (bicyclic) bond motifs is 3. The van der Waals surface area contributed by atoms with Gasteiger partial charge in [0.1, 0.15) is 0 Å². The number of carboxylic acid groups (broad SMARTS) is 3. The monoisotopic (exact) mass is 378 g/mol. The predicted octanol–water partition coefficient (Wildman–Crippen LogP) is 2.14. The van der Waals surface area contributed by atoms with Crippen LogP contribution in [0.1, 0.15) is 51.9 Å². The number of aliphatic carboxylic acids is 3. The first-order valence-corrected chi connectivity index (χ1v) is 9.56. The molecule has 7 unspecified atom stereocenters. The highest BCUT2D eigenvalue weighted by atomic mass is 16.4. The Hall–Kier alpha value is -1.89. The van der Waals surface area contributed by atoms with Gasteiger partial charge >= 0.3 is 17.9 Å². The third kappa shape index (κ3) is 1.88. The van der Waals surface area contributed by atoms with E-state index in [1.807, 2.05) is 0 Å². The first-order chi connectivity index (χ1) is 12.5. The van der Waals surface area contributed by atoms with E-state index in [1.165, 1.54) is 6.92 Å². The van der Waals surface area contributed by atoms with Crippen molar-refractivity contribution in [3.05, 3.63) is 12.2 Å². The fourth-order valence-electron chi connectivity index (χ4n) is 7.72. The van der Waals surface area contributed by atoms with E-state index in [-0.39, 0.29) is 25.7 Å². The maximum Gasteiger partial charge on any atom is 0.310 e. The molecule has 27 heavy (non-hydrogen) atoms. The lowest BCUT2D eigenvalue weighted by Gasteiger charge is -2.49. The zero-order valence-corrected chi connectivity index (χ0v) is 15.4. The smallest absolute Gasteiger partial charge is 0.310 e. The van der Waals surface area contributed by atoms with Gasteiger partial charge in [-0.3, -0.25) is 14.4 Å². The van der Waals surface area contributed by atoms with Gasteiger partial charge in [0.05, 0.1) is 22.3 Å². The van der Waals surface area contributed by atoms with Gasteiger partial charge in [0, 0.05) is 5.92 Å². The quantitative estimate of drug-likeness (QED) is 0.553. The van der Waals surface area contributed by atoms with Crippen LogP contribution in [0.25, 0.3) is 0 Å². The molecular weight excluding hydrogens is 352 g/mol. The average Bonchev–Trinajstić information content (AvgIpc) is 2.93. The minimum absolute atomic E-state index is 0.168. The SMILES string of the molecule is C=C1CC23CC1(O)CCC2C1(C(=O)O)CCCC(C)(C(=O)O)C1C3C(=O)O. The standard InChI is InChI=1S/C20H26O7/c1-10-8-18-9-19(10,27)7-4-11(18)20(16(25)26)6-3-5-17(2,15(23)24)13(20)12(18)14(21)22/h11-13,27H,1,3-9H2,2H3,(H,21,22)(H,23,24)(H,25,26). The minimum atomic E-state index is -1.42. The van der Waals surface area contributed by atoms with E-state index in [0.29, 0.717) is 24.8 Å². The van der Waals surface area contributed by atoms with E-state index in [4.69, 9.17) is 0 Å². The molecule has 7 nitrogen and oxygen atoms in total. The van der Waals surface area contributed by atoms with Crippen LogP contribution in [0.3, 0.4) is 0 Å². The summed E-state index contributed by atoms with van der Waals surface area (Å²) < 4.78 is 0. The summed E-state index contributed by atoms with van der Waals surface area (Å²) in [7, 11) is 0. The lowest BCUT2D eigenvalue weighted by Crippen LogP contribution is -2.55. The lowest BCUT2D eigenvalue weighted by molar-refractivity contribution is -0.177. The molecule has 4 aliphatic carbocycles. The van der Waals surface area contributed by atoms with Gasteiger partial charge in [-0.15, -0.1) is 0 Å². The van der Waals surface area contributed by atoms with Gasteiger partial charge in [-0.25, -0.2) is 0 Å². The van der Waals surface area contributed by atoms with Crippen molar-refractivity contribution in [1.82, 2.24) is 0 Å². The molecule has 2 bridgehead atoms. The highest BCUT2D eigenvalue weighted by Crippen LogP contribution is 2.78. The molecule has 148 valence electrons. The van der Waals surface area contributed by atoms with Crippen LogP contribution >= 0.6 is 0 Å². The number of hydrogen-bond donors (Lipinski definition) is 4. The summed E-state index contributed by atoms with van der Waals surface area (Å²) in [6.07, 6.45) is 2.16. The number of carboxylic acids is 3. The second kappa shape index (κ2) is 5.13. The number of hydrogen-bond acceptors (Lipinski definition) is 4. The second-order valence-corrected chi connectivity index (χ2v) is 9.53. The summed E-state index contributed by atoms with van der Waals surface area (Å²) in [5.74, 6) is -5.97. The summed E-state index contributed by atoms with van der Waals surface area (Å²) >= 11 is 0. The summed E-state index contributed by atoms with van der Waals surface area (Å²) in [6, 6.07) is 0. The molecule has 0 aromatic carbocycles. The van der Waals surface area contributed by atoms with Gasteiger partial charge in [-0.2, -0.15) is 0 Å². The van der Waals surface area contributed by atoms with E-state index in [9.17, 15) is 34.8 Å². The highest BCUT2D eigenvalue weighted by Gasteiger charge is 2.80. The third-order valence-corrected chi connectivity index (χ3v) is 8.62. The average molecular weight is 378 g/mol. The van der Waals surface area contributed by atoms with Crippen LogP contribution < -0.4 is 0 Å². The molecule has 4 saturated carbocycles. The topological polar surface area (TPSA) is 132 Å². The van der Waals surface area contributed by atoms with Gasteiger partial charge < -0.3 is 20.4 Å². The molecule has 0 aliphatic heterocycles. The van der Waals surface area contributed by atoms with Crippen LogP contribution in [-0.4, -0.2) is 43.9 Å². The molecule has 7 atom stereocenters. The number of carbonyl (C=O) groups is 3. The summed E-state index contributed by atoms with van der Waals surface area (Å²) in [5, 5.41) is 41.5. The van der Waals surface area contributed by atoms with E-state index < -0.39 is 57.5 Å². The molecule has 4 aliphatic rings. The molecule has 0 radical (unpaired) electrons. The molecule has 7 heteroatoms. The van der Waals surface area contributed by atoms with Gasteiger partial charge in [0.2, 0.25) is 0 Å². The Morgan fingerprint density at radius 1 is 1.07 bits per heavy atom. The Balaban J connectivity index is 2.01. The van der Waals surface area contributed by atoms with Crippen molar-refractivity contribution in [2.45, 2.75) is 57.5 Å². The zero-order valence-electron chi connectivity index (χ0n) is 15.4. The molecule has 4 fully saturated rings. The second-order valence-electron chi connectivity index (χ2n) is 9.53.